The Balaban J connectivity index is 1.77. The summed E-state index contributed by atoms with van der Waals surface area (Å²) in [6, 6.07) is 7.00. The van der Waals surface area contributed by atoms with E-state index in [-0.39, 0.29) is 29.8 Å². The van der Waals surface area contributed by atoms with Gasteiger partial charge >= 0.3 is 0 Å². The summed E-state index contributed by atoms with van der Waals surface area (Å²) in [5.74, 6) is -7.08. The summed E-state index contributed by atoms with van der Waals surface area (Å²) < 4.78 is 0. The first kappa shape index (κ1) is 30.0. The van der Waals surface area contributed by atoms with Gasteiger partial charge in [0.2, 0.25) is 5.78 Å². The molecule has 2 aromatic carbocycles. The molecule has 43 heavy (non-hydrogen) atoms. The molecule has 0 saturated heterocycles. The van der Waals surface area contributed by atoms with Gasteiger partial charge in [0.15, 0.2) is 17.2 Å². The third-order valence-corrected chi connectivity index (χ3v) is 8.92. The lowest BCUT2D eigenvalue weighted by Gasteiger charge is -2.53. The van der Waals surface area contributed by atoms with Crippen LogP contribution in [0.1, 0.15) is 39.6 Å². The van der Waals surface area contributed by atoms with E-state index in [1.807, 2.05) is 0 Å². The summed E-state index contributed by atoms with van der Waals surface area (Å²) >= 11 is 0. The SMILES string of the molecule is CC(=O)c1ccc(-c2cc(N(C)C)c3c(c2O)C(=O)C2=C(O)[C@]4(O)C(=O)C(C(N)=O)=C(O)[C@@H](N(C)C)[C@@H]4C[C@]2(N)C3)cc1. The largest absolute Gasteiger partial charge is 0.510 e. The Morgan fingerprint density at radius 3 is 2.14 bits per heavy atom. The quantitative estimate of drug-likeness (QED) is 0.215. The molecule has 0 aromatic heterocycles. The van der Waals surface area contributed by atoms with Crippen molar-refractivity contribution in [2.75, 3.05) is 33.1 Å². The van der Waals surface area contributed by atoms with Gasteiger partial charge in [-0.25, -0.2) is 0 Å². The Labute approximate surface area is 247 Å². The third kappa shape index (κ3) is 4.08. The first-order valence-electron chi connectivity index (χ1n) is 13.6. The van der Waals surface area contributed by atoms with Crippen LogP contribution in [-0.2, 0) is 16.0 Å². The molecule has 0 aliphatic heterocycles. The minimum atomic E-state index is -2.81. The molecule has 0 radical (unpaired) electrons. The van der Waals surface area contributed by atoms with Crippen molar-refractivity contribution in [3.8, 4) is 16.9 Å². The number of aliphatic hydroxyl groups excluding tert-OH is 2. The van der Waals surface area contributed by atoms with Crippen LogP contribution in [0.5, 0.6) is 5.75 Å². The molecule has 3 aliphatic rings. The first-order chi connectivity index (χ1) is 20.0. The fraction of sp³-hybridized carbons (Fsp3) is 0.355. The zero-order chi connectivity index (χ0) is 31.9. The van der Waals surface area contributed by atoms with Gasteiger partial charge in [0.1, 0.15) is 22.8 Å². The van der Waals surface area contributed by atoms with Crippen LogP contribution in [0.4, 0.5) is 5.69 Å². The molecule has 0 fully saturated rings. The maximum absolute atomic E-state index is 14.3. The van der Waals surface area contributed by atoms with E-state index in [1.54, 1.807) is 63.4 Å². The number of aromatic hydroxyl groups is 1. The zero-order valence-corrected chi connectivity index (χ0v) is 24.4. The molecule has 0 saturated carbocycles. The lowest BCUT2D eigenvalue weighted by Crippen LogP contribution is -2.68. The average molecular weight is 591 g/mol. The van der Waals surface area contributed by atoms with E-state index in [2.05, 4.69) is 0 Å². The minimum Gasteiger partial charge on any atom is -0.510 e. The summed E-state index contributed by atoms with van der Waals surface area (Å²) in [5.41, 5.74) is 8.50. The standard InChI is InChI=1S/C31H34N4O8/c1-13(36)14-6-8-15(9-7-14)16-10-19(34(2)3)17-11-30(33)12-18-23(35(4)5)26(39)21(29(32)42)27(40)31(18,43)28(41)22(30)25(38)20(17)24(16)37/h6-10,18,23,37,39,41,43H,11-12,33H2,1-5H3,(H2,32,42)/t18-,23-,30+,31+/m0/s1. The van der Waals surface area contributed by atoms with Crippen LogP contribution >= 0.6 is 0 Å². The fourth-order valence-corrected chi connectivity index (χ4v) is 6.91. The number of fused-ring (bicyclic) bond motifs is 3. The monoisotopic (exact) mass is 590 g/mol. The average Bonchev–Trinajstić information content (AvgIpc) is 2.90. The zero-order valence-electron chi connectivity index (χ0n) is 24.4. The second-order valence-electron chi connectivity index (χ2n) is 12.0. The topological polar surface area (TPSA) is 208 Å². The number of amides is 1. The number of benzene rings is 2. The molecule has 0 bridgehead atoms. The number of ketones is 3. The van der Waals surface area contributed by atoms with Crippen LogP contribution < -0.4 is 16.4 Å². The number of phenolic OH excluding ortho intramolecular Hbond substituents is 1. The van der Waals surface area contributed by atoms with Crippen LogP contribution in [0.15, 0.2) is 53.0 Å². The molecular weight excluding hydrogens is 556 g/mol. The number of carbonyl (C=O) groups excluding carboxylic acids is 4. The molecule has 0 unspecified atom stereocenters. The van der Waals surface area contributed by atoms with Crippen molar-refractivity contribution >= 4 is 28.9 Å². The minimum absolute atomic E-state index is 0.0772. The summed E-state index contributed by atoms with van der Waals surface area (Å²) in [6.45, 7) is 1.43. The smallest absolute Gasteiger partial charge is 0.255 e. The van der Waals surface area contributed by atoms with Crippen molar-refractivity contribution in [3.05, 3.63) is 69.7 Å². The van der Waals surface area contributed by atoms with Crippen molar-refractivity contribution in [2.45, 2.75) is 36.9 Å². The van der Waals surface area contributed by atoms with E-state index in [9.17, 15) is 39.6 Å². The highest BCUT2D eigenvalue weighted by Gasteiger charge is 2.66. The predicted octanol–water partition coefficient (Wildman–Crippen LogP) is 1.14. The lowest BCUT2D eigenvalue weighted by atomic mass is 9.56. The van der Waals surface area contributed by atoms with Gasteiger partial charge in [-0.05, 0) is 51.1 Å². The number of carbonyl (C=O) groups is 4. The molecule has 1 amide bonds. The number of primary amides is 1. The highest BCUT2D eigenvalue weighted by Crippen LogP contribution is 2.54. The van der Waals surface area contributed by atoms with Crippen LogP contribution in [0, 0.1) is 5.92 Å². The van der Waals surface area contributed by atoms with E-state index >= 15 is 0 Å². The number of Topliss-reactive ketones (excluding diaryl/α,β-unsaturated/α-hetero) is 3. The second-order valence-corrected chi connectivity index (χ2v) is 12.0. The van der Waals surface area contributed by atoms with Crippen molar-refractivity contribution < 1.29 is 39.6 Å². The molecule has 4 atom stereocenters. The maximum atomic E-state index is 14.3. The number of aliphatic hydroxyl groups is 3. The number of anilines is 1. The third-order valence-electron chi connectivity index (χ3n) is 8.92. The summed E-state index contributed by atoms with van der Waals surface area (Å²) in [5, 5.41) is 46.0. The van der Waals surface area contributed by atoms with E-state index in [1.165, 1.54) is 11.8 Å². The van der Waals surface area contributed by atoms with Gasteiger partial charge in [0.25, 0.3) is 5.91 Å². The van der Waals surface area contributed by atoms with Crippen LogP contribution in [0.2, 0.25) is 0 Å². The van der Waals surface area contributed by atoms with Gasteiger partial charge in [0.05, 0.1) is 22.7 Å². The molecule has 0 spiro atoms. The van der Waals surface area contributed by atoms with Gasteiger partial charge in [-0.1, -0.05) is 24.3 Å². The normalized spacial score (nSPS) is 26.7. The van der Waals surface area contributed by atoms with Crippen LogP contribution in [-0.4, -0.2) is 94.0 Å². The summed E-state index contributed by atoms with van der Waals surface area (Å²) in [4.78, 5) is 55.1. The number of hydrogen-bond acceptors (Lipinski definition) is 11. The van der Waals surface area contributed by atoms with Gasteiger partial charge in [-0.2, -0.15) is 0 Å². The highest BCUT2D eigenvalue weighted by atomic mass is 16.3. The molecule has 3 aliphatic carbocycles. The molecular formula is C31H34N4O8. The van der Waals surface area contributed by atoms with Gasteiger partial charge < -0.3 is 36.8 Å². The van der Waals surface area contributed by atoms with Crippen molar-refractivity contribution in [2.24, 2.45) is 17.4 Å². The first-order valence-corrected chi connectivity index (χ1v) is 13.6. The van der Waals surface area contributed by atoms with E-state index < -0.39 is 69.0 Å². The van der Waals surface area contributed by atoms with Crippen molar-refractivity contribution in [1.82, 2.24) is 4.90 Å². The Bertz CT molecular complexity index is 1690. The van der Waals surface area contributed by atoms with E-state index in [4.69, 9.17) is 11.5 Å². The fourth-order valence-electron chi connectivity index (χ4n) is 6.91. The van der Waals surface area contributed by atoms with Crippen LogP contribution in [0.3, 0.4) is 0 Å². The predicted molar refractivity (Wildman–Crippen MR) is 157 cm³/mol. The molecule has 226 valence electrons. The van der Waals surface area contributed by atoms with Crippen molar-refractivity contribution in [3.63, 3.8) is 0 Å². The number of phenols is 1. The summed E-state index contributed by atoms with van der Waals surface area (Å²) in [7, 11) is 6.59. The highest BCUT2D eigenvalue weighted by molar-refractivity contribution is 6.25. The summed E-state index contributed by atoms with van der Waals surface area (Å²) in [6.07, 6.45) is -0.327. The molecule has 0 heterocycles. The maximum Gasteiger partial charge on any atom is 0.255 e. The van der Waals surface area contributed by atoms with Gasteiger partial charge in [-0.3, -0.25) is 24.1 Å². The Kier molecular flexibility index (Phi) is 6.80. The van der Waals surface area contributed by atoms with E-state index in [0.29, 0.717) is 22.4 Å². The molecule has 2 aromatic rings. The number of hydrogen-bond donors (Lipinski definition) is 6. The number of nitrogens with zero attached hydrogens (tertiary/aromatic N) is 2. The molecule has 8 N–H and O–H groups in total. The van der Waals surface area contributed by atoms with Gasteiger partial charge in [0, 0.05) is 36.8 Å². The number of nitrogens with two attached hydrogens (primary N) is 2. The molecule has 12 nitrogen and oxygen atoms in total. The Hall–Kier alpha value is -4.52. The van der Waals surface area contributed by atoms with Gasteiger partial charge in [-0.15, -0.1) is 0 Å². The second kappa shape index (κ2) is 9.76. The lowest BCUT2D eigenvalue weighted by molar-refractivity contribution is -0.148. The number of likely N-dealkylation sites (N-methyl/N-ethyl adjacent to an activating group) is 1. The Morgan fingerprint density at radius 2 is 1.63 bits per heavy atom. The molecule has 5 rings (SSSR count). The van der Waals surface area contributed by atoms with E-state index in [0.717, 1.165) is 0 Å². The molecule has 12 heteroatoms. The number of rotatable bonds is 5. The van der Waals surface area contributed by atoms with Crippen molar-refractivity contribution in [1.29, 1.82) is 0 Å². The van der Waals surface area contributed by atoms with Crippen LogP contribution in [0.25, 0.3) is 11.1 Å². The Morgan fingerprint density at radius 1 is 1.02 bits per heavy atom.